The molecule has 1 aliphatic heterocycles. The number of fused-ring (bicyclic) bond motifs is 5. The second-order valence-electron chi connectivity index (χ2n) is 3.95. The van der Waals surface area contributed by atoms with Gasteiger partial charge in [-0.1, -0.05) is 0 Å². The molecule has 5 atom stereocenters. The number of ether oxygens (including phenoxy) is 1. The van der Waals surface area contributed by atoms with Crippen molar-refractivity contribution < 1.29 is 9.84 Å². The summed E-state index contributed by atoms with van der Waals surface area (Å²) in [6.45, 7) is 0. The molecule has 10 heavy (non-hydrogen) atoms. The molecule has 0 spiro atoms. The standard InChI is InChI=1S/C8H12O2/c9-6-2-4-1-5(3-6)8-7(4)10-8/h4-9H,1-3H2/t4?,5?,6?,7-,8+. The van der Waals surface area contributed by atoms with E-state index in [9.17, 15) is 5.11 Å². The molecule has 3 fully saturated rings. The fourth-order valence-electron chi connectivity index (χ4n) is 2.81. The first kappa shape index (κ1) is 5.56. The van der Waals surface area contributed by atoms with Crippen molar-refractivity contribution in [3.63, 3.8) is 0 Å². The van der Waals surface area contributed by atoms with Crippen molar-refractivity contribution in [3.8, 4) is 0 Å². The van der Waals surface area contributed by atoms with Crippen LogP contribution in [0.5, 0.6) is 0 Å². The van der Waals surface area contributed by atoms with Crippen LogP contribution < -0.4 is 0 Å². The molecule has 0 aromatic rings. The third kappa shape index (κ3) is 0.565. The van der Waals surface area contributed by atoms with Crippen LogP contribution in [0.1, 0.15) is 19.3 Å². The van der Waals surface area contributed by atoms with Crippen LogP contribution >= 0.6 is 0 Å². The number of rotatable bonds is 0. The van der Waals surface area contributed by atoms with Crippen LogP contribution in [0.25, 0.3) is 0 Å². The van der Waals surface area contributed by atoms with Gasteiger partial charge in [0.15, 0.2) is 0 Å². The average molecular weight is 140 g/mol. The Labute approximate surface area is 60.2 Å². The van der Waals surface area contributed by atoms with E-state index in [4.69, 9.17) is 4.74 Å². The molecule has 0 radical (unpaired) electrons. The zero-order valence-corrected chi connectivity index (χ0v) is 5.86. The number of hydrogen-bond acceptors (Lipinski definition) is 2. The second-order valence-corrected chi connectivity index (χ2v) is 3.95. The van der Waals surface area contributed by atoms with Crippen molar-refractivity contribution in [1.29, 1.82) is 0 Å². The highest BCUT2D eigenvalue weighted by molar-refractivity contribution is 5.06. The lowest BCUT2D eigenvalue weighted by atomic mass is 9.86. The summed E-state index contributed by atoms with van der Waals surface area (Å²) in [5, 5.41) is 9.37. The number of aliphatic hydroxyl groups excluding tert-OH is 1. The molecular formula is C8H12O2. The molecule has 2 bridgehead atoms. The predicted molar refractivity (Wildman–Crippen MR) is 35.5 cm³/mol. The van der Waals surface area contributed by atoms with E-state index in [0.29, 0.717) is 24.0 Å². The largest absolute Gasteiger partial charge is 0.393 e. The Morgan fingerprint density at radius 3 is 2.20 bits per heavy atom. The minimum absolute atomic E-state index is 0.0138. The molecule has 1 N–H and O–H groups in total. The van der Waals surface area contributed by atoms with Crippen molar-refractivity contribution >= 4 is 0 Å². The van der Waals surface area contributed by atoms with Gasteiger partial charge in [0.2, 0.25) is 0 Å². The molecular weight excluding hydrogens is 128 g/mol. The van der Waals surface area contributed by atoms with E-state index in [2.05, 4.69) is 0 Å². The van der Waals surface area contributed by atoms with Crippen LogP contribution in [0.2, 0.25) is 0 Å². The maximum Gasteiger partial charge on any atom is 0.0873 e. The molecule has 0 aromatic heterocycles. The lowest BCUT2D eigenvalue weighted by Crippen LogP contribution is -2.24. The topological polar surface area (TPSA) is 32.8 Å². The molecule has 56 valence electrons. The summed E-state index contributed by atoms with van der Waals surface area (Å²) in [5.74, 6) is 1.41. The van der Waals surface area contributed by atoms with Gasteiger partial charge in [0.1, 0.15) is 0 Å². The van der Waals surface area contributed by atoms with Crippen molar-refractivity contribution in [2.45, 2.75) is 37.6 Å². The molecule has 2 aliphatic carbocycles. The molecule has 3 rings (SSSR count). The first-order valence-electron chi connectivity index (χ1n) is 4.18. The SMILES string of the molecule is OC1CC2CC(C1)[C@@H]1O[C@H]21. The monoisotopic (exact) mass is 140 g/mol. The summed E-state index contributed by atoms with van der Waals surface area (Å²) in [6, 6.07) is 0. The van der Waals surface area contributed by atoms with Crippen molar-refractivity contribution in [3.05, 3.63) is 0 Å². The summed E-state index contributed by atoms with van der Waals surface area (Å²) in [7, 11) is 0. The van der Waals surface area contributed by atoms with Crippen LogP contribution in [-0.4, -0.2) is 23.4 Å². The van der Waals surface area contributed by atoms with Crippen LogP contribution in [0.15, 0.2) is 0 Å². The highest BCUT2D eigenvalue weighted by atomic mass is 16.6. The van der Waals surface area contributed by atoms with Gasteiger partial charge in [0, 0.05) is 0 Å². The number of aliphatic hydroxyl groups is 1. The zero-order valence-electron chi connectivity index (χ0n) is 5.86. The van der Waals surface area contributed by atoms with Crippen molar-refractivity contribution in [2.75, 3.05) is 0 Å². The van der Waals surface area contributed by atoms with Crippen molar-refractivity contribution in [1.82, 2.24) is 0 Å². The van der Waals surface area contributed by atoms with Gasteiger partial charge in [0.25, 0.3) is 0 Å². The van der Waals surface area contributed by atoms with E-state index < -0.39 is 0 Å². The van der Waals surface area contributed by atoms with Gasteiger partial charge >= 0.3 is 0 Å². The molecule has 0 aromatic carbocycles. The molecule has 2 saturated carbocycles. The minimum atomic E-state index is -0.0138. The smallest absolute Gasteiger partial charge is 0.0873 e. The fourth-order valence-corrected chi connectivity index (χ4v) is 2.81. The zero-order chi connectivity index (χ0) is 6.72. The third-order valence-electron chi connectivity index (χ3n) is 3.25. The van der Waals surface area contributed by atoms with Crippen LogP contribution in [0.3, 0.4) is 0 Å². The van der Waals surface area contributed by atoms with Crippen molar-refractivity contribution in [2.24, 2.45) is 11.8 Å². The molecule has 0 amide bonds. The predicted octanol–water partition coefficient (Wildman–Crippen LogP) is 0.545. The third-order valence-corrected chi connectivity index (χ3v) is 3.25. The Bertz CT molecular complexity index is 153. The molecule has 3 aliphatic rings. The maximum absolute atomic E-state index is 9.37. The summed E-state index contributed by atoms with van der Waals surface area (Å²) in [6.07, 6.45) is 4.42. The number of epoxide rings is 1. The summed E-state index contributed by atoms with van der Waals surface area (Å²) < 4.78 is 5.46. The van der Waals surface area contributed by atoms with E-state index in [0.717, 1.165) is 12.8 Å². The summed E-state index contributed by atoms with van der Waals surface area (Å²) in [5.41, 5.74) is 0. The van der Waals surface area contributed by atoms with E-state index in [1.165, 1.54) is 6.42 Å². The van der Waals surface area contributed by atoms with Gasteiger partial charge in [-0.05, 0) is 31.1 Å². The second kappa shape index (κ2) is 1.56. The van der Waals surface area contributed by atoms with Crippen LogP contribution in [0.4, 0.5) is 0 Å². The van der Waals surface area contributed by atoms with Gasteiger partial charge < -0.3 is 9.84 Å². The summed E-state index contributed by atoms with van der Waals surface area (Å²) in [4.78, 5) is 0. The minimum Gasteiger partial charge on any atom is -0.393 e. The van der Waals surface area contributed by atoms with Gasteiger partial charge in [-0.25, -0.2) is 0 Å². The molecule has 1 heterocycles. The summed E-state index contributed by atoms with van der Waals surface area (Å²) >= 11 is 0. The Kier molecular flexibility index (Phi) is 0.868. The lowest BCUT2D eigenvalue weighted by molar-refractivity contribution is 0.0524. The van der Waals surface area contributed by atoms with E-state index in [1.807, 2.05) is 0 Å². The van der Waals surface area contributed by atoms with Crippen LogP contribution in [0, 0.1) is 11.8 Å². The molecule has 2 heteroatoms. The maximum atomic E-state index is 9.37. The average Bonchev–Trinajstić information content (AvgIpc) is 2.59. The highest BCUT2D eigenvalue weighted by Crippen LogP contribution is 2.53. The first-order chi connectivity index (χ1) is 4.84. The van der Waals surface area contributed by atoms with E-state index in [-0.39, 0.29) is 6.10 Å². The lowest BCUT2D eigenvalue weighted by Gasteiger charge is -2.25. The van der Waals surface area contributed by atoms with Gasteiger partial charge in [-0.3, -0.25) is 0 Å². The Morgan fingerprint density at radius 2 is 1.60 bits per heavy atom. The van der Waals surface area contributed by atoms with E-state index >= 15 is 0 Å². The van der Waals surface area contributed by atoms with Gasteiger partial charge in [-0.2, -0.15) is 0 Å². The van der Waals surface area contributed by atoms with Gasteiger partial charge in [0.05, 0.1) is 18.3 Å². The molecule has 1 saturated heterocycles. The van der Waals surface area contributed by atoms with Gasteiger partial charge in [-0.15, -0.1) is 0 Å². The number of hydrogen-bond donors (Lipinski definition) is 1. The highest BCUT2D eigenvalue weighted by Gasteiger charge is 2.58. The Morgan fingerprint density at radius 1 is 1.00 bits per heavy atom. The molecule has 2 nitrogen and oxygen atoms in total. The van der Waals surface area contributed by atoms with Crippen LogP contribution in [-0.2, 0) is 4.74 Å². The molecule has 3 unspecified atom stereocenters. The Balaban J connectivity index is 1.87. The normalized spacial score (nSPS) is 63.9. The first-order valence-corrected chi connectivity index (χ1v) is 4.18. The Hall–Kier alpha value is -0.0800. The fraction of sp³-hybridized carbons (Fsp3) is 1.00. The van der Waals surface area contributed by atoms with E-state index in [1.54, 1.807) is 0 Å². The quantitative estimate of drug-likeness (QED) is 0.498.